The van der Waals surface area contributed by atoms with Crippen LogP contribution < -0.4 is 10.9 Å². The number of rotatable bonds is 7. The molecule has 0 fully saturated rings. The molecule has 0 aliphatic carbocycles. The lowest BCUT2D eigenvalue weighted by Gasteiger charge is -2.19. The SMILES string of the molecule is CCC[NH2+][C@@H](CC)c1nc2ccccc2c(=O)n1Cc1ccccc1. The Morgan fingerprint density at radius 1 is 1.04 bits per heavy atom. The van der Waals surface area contributed by atoms with Gasteiger partial charge in [-0.05, 0) is 24.1 Å². The van der Waals surface area contributed by atoms with Gasteiger partial charge in [-0.25, -0.2) is 4.98 Å². The molecule has 0 unspecified atom stereocenters. The molecule has 4 nitrogen and oxygen atoms in total. The molecule has 4 heteroatoms. The van der Waals surface area contributed by atoms with Crippen molar-refractivity contribution in [3.8, 4) is 0 Å². The van der Waals surface area contributed by atoms with Crippen molar-refractivity contribution in [1.82, 2.24) is 9.55 Å². The van der Waals surface area contributed by atoms with Gasteiger partial charge in [0, 0.05) is 6.42 Å². The molecule has 2 N–H and O–H groups in total. The summed E-state index contributed by atoms with van der Waals surface area (Å²) in [6, 6.07) is 18.0. The fraction of sp³-hybridized carbons (Fsp3) is 0.333. The largest absolute Gasteiger partial charge is 0.338 e. The second-order valence-electron chi connectivity index (χ2n) is 6.40. The highest BCUT2D eigenvalue weighted by molar-refractivity contribution is 5.77. The van der Waals surface area contributed by atoms with Crippen LogP contribution in [-0.2, 0) is 6.54 Å². The van der Waals surface area contributed by atoms with Crippen molar-refractivity contribution in [2.45, 2.75) is 39.3 Å². The summed E-state index contributed by atoms with van der Waals surface area (Å²) < 4.78 is 1.86. The van der Waals surface area contributed by atoms with Crippen LogP contribution in [0.5, 0.6) is 0 Å². The number of aromatic nitrogens is 2. The molecular formula is C21H26N3O+. The molecule has 0 radical (unpaired) electrons. The van der Waals surface area contributed by atoms with Crippen molar-refractivity contribution in [3.63, 3.8) is 0 Å². The van der Waals surface area contributed by atoms with Crippen molar-refractivity contribution >= 4 is 10.9 Å². The predicted octanol–water partition coefficient (Wildman–Crippen LogP) is 2.87. The van der Waals surface area contributed by atoms with E-state index < -0.39 is 0 Å². The van der Waals surface area contributed by atoms with E-state index in [1.807, 2.05) is 47.0 Å². The van der Waals surface area contributed by atoms with Gasteiger partial charge in [0.25, 0.3) is 5.56 Å². The summed E-state index contributed by atoms with van der Waals surface area (Å²) in [6.45, 7) is 5.93. The van der Waals surface area contributed by atoms with E-state index in [0.29, 0.717) is 11.9 Å². The highest BCUT2D eigenvalue weighted by Crippen LogP contribution is 2.15. The zero-order chi connectivity index (χ0) is 17.6. The zero-order valence-corrected chi connectivity index (χ0v) is 15.0. The fourth-order valence-corrected chi connectivity index (χ4v) is 3.21. The third kappa shape index (κ3) is 3.80. The second-order valence-corrected chi connectivity index (χ2v) is 6.40. The van der Waals surface area contributed by atoms with Crippen LogP contribution in [0.1, 0.15) is 44.1 Å². The zero-order valence-electron chi connectivity index (χ0n) is 15.0. The summed E-state index contributed by atoms with van der Waals surface area (Å²) in [5.74, 6) is 0.878. The minimum Gasteiger partial charge on any atom is -0.338 e. The van der Waals surface area contributed by atoms with Crippen LogP contribution in [-0.4, -0.2) is 16.1 Å². The molecule has 0 bridgehead atoms. The number of nitrogens with zero attached hydrogens (tertiary/aromatic N) is 2. The van der Waals surface area contributed by atoms with Gasteiger partial charge in [0.05, 0.1) is 24.0 Å². The van der Waals surface area contributed by atoms with E-state index in [0.717, 1.165) is 36.3 Å². The van der Waals surface area contributed by atoms with E-state index in [2.05, 4.69) is 31.3 Å². The maximum Gasteiger partial charge on any atom is 0.261 e. The lowest BCUT2D eigenvalue weighted by atomic mass is 10.1. The van der Waals surface area contributed by atoms with Crippen LogP contribution in [0, 0.1) is 0 Å². The van der Waals surface area contributed by atoms with Crippen molar-refractivity contribution in [2.75, 3.05) is 6.54 Å². The van der Waals surface area contributed by atoms with E-state index in [1.54, 1.807) is 0 Å². The van der Waals surface area contributed by atoms with Gasteiger partial charge in [0.1, 0.15) is 6.04 Å². The quantitative estimate of drug-likeness (QED) is 0.721. The lowest BCUT2D eigenvalue weighted by Crippen LogP contribution is -2.85. The molecule has 2 aromatic carbocycles. The maximum atomic E-state index is 13.2. The maximum absolute atomic E-state index is 13.2. The van der Waals surface area contributed by atoms with Crippen LogP contribution >= 0.6 is 0 Å². The van der Waals surface area contributed by atoms with Gasteiger partial charge in [0.2, 0.25) is 0 Å². The van der Waals surface area contributed by atoms with Crippen LogP contribution in [0.15, 0.2) is 59.4 Å². The first-order valence-corrected chi connectivity index (χ1v) is 9.11. The molecule has 0 amide bonds. The van der Waals surface area contributed by atoms with Gasteiger partial charge >= 0.3 is 0 Å². The lowest BCUT2D eigenvalue weighted by molar-refractivity contribution is -0.697. The molecule has 3 aromatic rings. The number of quaternary nitrogens is 1. The number of hydrogen-bond acceptors (Lipinski definition) is 2. The minimum atomic E-state index is 0.0489. The predicted molar refractivity (Wildman–Crippen MR) is 102 cm³/mol. The Kier molecular flexibility index (Phi) is 5.61. The van der Waals surface area contributed by atoms with Gasteiger partial charge in [-0.15, -0.1) is 0 Å². The van der Waals surface area contributed by atoms with E-state index in [4.69, 9.17) is 4.98 Å². The van der Waals surface area contributed by atoms with E-state index in [1.165, 1.54) is 0 Å². The van der Waals surface area contributed by atoms with Gasteiger partial charge in [-0.3, -0.25) is 9.36 Å². The molecule has 0 aliphatic heterocycles. The highest BCUT2D eigenvalue weighted by Gasteiger charge is 2.21. The summed E-state index contributed by atoms with van der Waals surface area (Å²) in [6.07, 6.45) is 2.05. The van der Waals surface area contributed by atoms with Gasteiger partial charge in [-0.1, -0.05) is 56.3 Å². The van der Waals surface area contributed by atoms with Crippen molar-refractivity contribution in [3.05, 3.63) is 76.3 Å². The third-order valence-corrected chi connectivity index (χ3v) is 4.59. The van der Waals surface area contributed by atoms with E-state index in [9.17, 15) is 4.79 Å². The first-order chi connectivity index (χ1) is 12.2. The smallest absolute Gasteiger partial charge is 0.261 e. The molecule has 25 heavy (non-hydrogen) atoms. The van der Waals surface area contributed by atoms with Gasteiger partial charge in [0.15, 0.2) is 5.82 Å². The Morgan fingerprint density at radius 3 is 2.48 bits per heavy atom. The number of nitrogens with two attached hydrogens (primary N) is 1. The third-order valence-electron chi connectivity index (χ3n) is 4.59. The van der Waals surface area contributed by atoms with E-state index >= 15 is 0 Å². The summed E-state index contributed by atoms with van der Waals surface area (Å²) in [5.41, 5.74) is 1.95. The average molecular weight is 336 g/mol. The van der Waals surface area contributed by atoms with Crippen LogP contribution in [0.2, 0.25) is 0 Å². The summed E-state index contributed by atoms with van der Waals surface area (Å²) in [5, 5.41) is 2.99. The molecule has 0 saturated carbocycles. The molecule has 130 valence electrons. The van der Waals surface area contributed by atoms with Crippen LogP contribution in [0.4, 0.5) is 0 Å². The molecular weight excluding hydrogens is 310 g/mol. The first-order valence-electron chi connectivity index (χ1n) is 9.11. The Balaban J connectivity index is 2.14. The Hall–Kier alpha value is -2.46. The van der Waals surface area contributed by atoms with Crippen LogP contribution in [0.3, 0.4) is 0 Å². The van der Waals surface area contributed by atoms with Crippen molar-refractivity contribution in [1.29, 1.82) is 0 Å². The minimum absolute atomic E-state index is 0.0489. The topological polar surface area (TPSA) is 51.5 Å². The molecule has 1 aromatic heterocycles. The summed E-state index contributed by atoms with van der Waals surface area (Å²) >= 11 is 0. The molecule has 0 spiro atoms. The van der Waals surface area contributed by atoms with Crippen LogP contribution in [0.25, 0.3) is 10.9 Å². The number of hydrogen-bond donors (Lipinski definition) is 1. The first kappa shape index (κ1) is 17.4. The second kappa shape index (κ2) is 8.08. The molecule has 0 aliphatic rings. The average Bonchev–Trinajstić information content (AvgIpc) is 2.66. The van der Waals surface area contributed by atoms with Gasteiger partial charge in [-0.2, -0.15) is 0 Å². The number of para-hydroxylation sites is 1. The van der Waals surface area contributed by atoms with Crippen molar-refractivity contribution in [2.24, 2.45) is 0 Å². The van der Waals surface area contributed by atoms with Gasteiger partial charge < -0.3 is 5.32 Å². The molecule has 1 atom stereocenters. The Labute approximate surface area is 148 Å². The normalized spacial score (nSPS) is 12.4. The Bertz CT molecular complexity index is 887. The fourth-order valence-electron chi connectivity index (χ4n) is 3.21. The highest BCUT2D eigenvalue weighted by atomic mass is 16.1. The summed E-state index contributed by atoms with van der Waals surface area (Å²) in [4.78, 5) is 18.0. The Morgan fingerprint density at radius 2 is 1.76 bits per heavy atom. The van der Waals surface area contributed by atoms with Crippen molar-refractivity contribution < 1.29 is 5.32 Å². The molecule has 1 heterocycles. The number of fused-ring (bicyclic) bond motifs is 1. The molecule has 0 saturated heterocycles. The van der Waals surface area contributed by atoms with E-state index in [-0.39, 0.29) is 11.6 Å². The summed E-state index contributed by atoms with van der Waals surface area (Å²) in [7, 11) is 0. The monoisotopic (exact) mass is 336 g/mol. The standard InChI is InChI=1S/C21H25N3O/c1-3-14-22-18(4-2)20-23-19-13-9-8-12-17(19)21(25)24(20)15-16-10-6-5-7-11-16/h5-13,18,22H,3-4,14-15H2,1-2H3/p+1/t18-/m0/s1. The number of benzene rings is 2. The molecule has 3 rings (SSSR count).